The van der Waals surface area contributed by atoms with Crippen LogP contribution in [0.5, 0.6) is 0 Å². The summed E-state index contributed by atoms with van der Waals surface area (Å²) in [6.07, 6.45) is 0.513. The Hall–Kier alpha value is -0.580. The third-order valence-corrected chi connectivity index (χ3v) is 3.55. The molecule has 1 amide bonds. The van der Waals surface area contributed by atoms with Crippen molar-refractivity contribution in [2.75, 3.05) is 18.0 Å². The van der Waals surface area contributed by atoms with Crippen LogP contribution in [0.1, 0.15) is 6.42 Å². The average Bonchev–Trinajstić information content (AvgIpc) is 2.63. The Balaban J connectivity index is 2.30. The van der Waals surface area contributed by atoms with Crippen molar-refractivity contribution in [2.24, 2.45) is 11.7 Å². The van der Waals surface area contributed by atoms with Gasteiger partial charge in [-0.2, -0.15) is 0 Å². The largest absolute Gasteiger partial charge is 0.330 e. The smallest absolute Gasteiger partial charge is 0.227 e. The summed E-state index contributed by atoms with van der Waals surface area (Å²) in [5, 5.41) is 0.592. The minimum Gasteiger partial charge on any atom is -0.330 e. The topological polar surface area (TPSA) is 46.3 Å². The van der Waals surface area contributed by atoms with Gasteiger partial charge in [-0.15, -0.1) is 0 Å². The van der Waals surface area contributed by atoms with Gasteiger partial charge in [0.1, 0.15) is 0 Å². The number of hydrogen-bond acceptors (Lipinski definition) is 2. The molecule has 5 heteroatoms. The first kappa shape index (κ1) is 11.9. The highest BCUT2D eigenvalue weighted by atomic mass is 79.9. The molecule has 86 valence electrons. The maximum atomic E-state index is 11.8. The van der Waals surface area contributed by atoms with E-state index in [1.54, 1.807) is 11.0 Å². The number of nitrogens with two attached hydrogens (primary N) is 1. The molecular formula is C11H12BrClN2O. The highest BCUT2D eigenvalue weighted by Gasteiger charge is 2.30. The second-order valence-electron chi connectivity index (χ2n) is 3.91. The zero-order valence-electron chi connectivity index (χ0n) is 8.62. The second kappa shape index (κ2) is 4.73. The lowest BCUT2D eigenvalue weighted by atomic mass is 10.1. The van der Waals surface area contributed by atoms with Crippen molar-refractivity contribution in [1.29, 1.82) is 0 Å². The first-order valence-corrected chi connectivity index (χ1v) is 6.24. The van der Waals surface area contributed by atoms with Gasteiger partial charge in [0.25, 0.3) is 0 Å². The summed E-state index contributed by atoms with van der Waals surface area (Å²) in [7, 11) is 0. The van der Waals surface area contributed by atoms with Gasteiger partial charge >= 0.3 is 0 Å². The molecule has 0 aromatic heterocycles. The fourth-order valence-corrected chi connectivity index (χ4v) is 2.43. The Labute approximate surface area is 108 Å². The molecule has 2 rings (SSSR count). The molecule has 1 unspecified atom stereocenters. The summed E-state index contributed by atoms with van der Waals surface area (Å²) < 4.78 is 0.913. The lowest BCUT2D eigenvalue weighted by Gasteiger charge is -2.18. The van der Waals surface area contributed by atoms with Gasteiger partial charge in [0, 0.05) is 17.4 Å². The van der Waals surface area contributed by atoms with Gasteiger partial charge in [0.05, 0.1) is 10.7 Å². The van der Waals surface area contributed by atoms with Crippen molar-refractivity contribution in [3.8, 4) is 0 Å². The third-order valence-electron chi connectivity index (χ3n) is 2.74. The molecule has 2 N–H and O–H groups in total. The Kier molecular flexibility index (Phi) is 3.52. The monoisotopic (exact) mass is 302 g/mol. The van der Waals surface area contributed by atoms with E-state index in [0.29, 0.717) is 24.5 Å². The van der Waals surface area contributed by atoms with Gasteiger partial charge in [-0.05, 0) is 30.7 Å². The van der Waals surface area contributed by atoms with Crippen molar-refractivity contribution in [1.82, 2.24) is 0 Å². The fraction of sp³-hybridized carbons (Fsp3) is 0.364. The normalized spacial score (nSPS) is 20.6. The molecule has 1 aromatic rings. The number of rotatable bonds is 2. The number of carbonyl (C=O) groups excluding carboxylic acids is 1. The Bertz CT molecular complexity index is 424. The van der Waals surface area contributed by atoms with Gasteiger partial charge in [-0.1, -0.05) is 27.5 Å². The van der Waals surface area contributed by atoms with Crippen molar-refractivity contribution >= 4 is 39.1 Å². The molecule has 0 aliphatic carbocycles. The standard InChI is InChI=1S/C11H12BrClN2O/c12-8-1-2-9(13)10(4-8)15-6-7(5-14)3-11(15)16/h1-2,4,7H,3,5-6,14H2. The summed E-state index contributed by atoms with van der Waals surface area (Å²) in [4.78, 5) is 13.5. The van der Waals surface area contributed by atoms with Crippen molar-refractivity contribution in [3.05, 3.63) is 27.7 Å². The predicted molar refractivity (Wildman–Crippen MR) is 68.7 cm³/mol. The molecule has 1 aromatic carbocycles. The van der Waals surface area contributed by atoms with E-state index in [2.05, 4.69) is 15.9 Å². The molecule has 1 saturated heterocycles. The van der Waals surface area contributed by atoms with Crippen LogP contribution in [-0.4, -0.2) is 19.0 Å². The molecule has 1 heterocycles. The van der Waals surface area contributed by atoms with Crippen LogP contribution in [-0.2, 0) is 4.79 Å². The van der Waals surface area contributed by atoms with E-state index >= 15 is 0 Å². The van der Waals surface area contributed by atoms with E-state index in [1.165, 1.54) is 0 Å². The molecule has 0 spiro atoms. The first-order valence-electron chi connectivity index (χ1n) is 5.07. The molecule has 1 aliphatic rings. The third kappa shape index (κ3) is 2.24. The number of amides is 1. The van der Waals surface area contributed by atoms with Crippen molar-refractivity contribution < 1.29 is 4.79 Å². The van der Waals surface area contributed by atoms with E-state index in [0.717, 1.165) is 10.2 Å². The average molecular weight is 304 g/mol. The van der Waals surface area contributed by atoms with Crippen molar-refractivity contribution in [3.63, 3.8) is 0 Å². The van der Waals surface area contributed by atoms with E-state index in [4.69, 9.17) is 17.3 Å². The quantitative estimate of drug-likeness (QED) is 0.912. The van der Waals surface area contributed by atoms with E-state index in [1.807, 2.05) is 12.1 Å². The van der Waals surface area contributed by atoms with Gasteiger partial charge in [-0.3, -0.25) is 4.79 Å². The van der Waals surface area contributed by atoms with E-state index < -0.39 is 0 Å². The molecule has 0 radical (unpaired) electrons. The Morgan fingerprint density at radius 1 is 1.56 bits per heavy atom. The van der Waals surface area contributed by atoms with Gasteiger partial charge in [-0.25, -0.2) is 0 Å². The van der Waals surface area contributed by atoms with Gasteiger partial charge in [0.2, 0.25) is 5.91 Å². The minimum absolute atomic E-state index is 0.0930. The summed E-state index contributed by atoms with van der Waals surface area (Å²) in [5.41, 5.74) is 6.34. The summed E-state index contributed by atoms with van der Waals surface area (Å²) in [5.74, 6) is 0.331. The van der Waals surface area contributed by atoms with E-state index in [-0.39, 0.29) is 11.8 Å². The maximum Gasteiger partial charge on any atom is 0.227 e. The Morgan fingerprint density at radius 3 is 2.94 bits per heavy atom. The molecule has 0 saturated carbocycles. The van der Waals surface area contributed by atoms with Crippen LogP contribution in [0.4, 0.5) is 5.69 Å². The highest BCUT2D eigenvalue weighted by Crippen LogP contribution is 2.33. The number of benzene rings is 1. The first-order chi connectivity index (χ1) is 7.61. The predicted octanol–water partition coefficient (Wildman–Crippen LogP) is 2.41. The molecule has 1 aliphatic heterocycles. The number of halogens is 2. The van der Waals surface area contributed by atoms with Crippen LogP contribution in [0, 0.1) is 5.92 Å². The van der Waals surface area contributed by atoms with Gasteiger partial charge < -0.3 is 10.6 Å². The molecule has 1 fully saturated rings. The number of anilines is 1. The molecule has 16 heavy (non-hydrogen) atoms. The van der Waals surface area contributed by atoms with Crippen LogP contribution >= 0.6 is 27.5 Å². The summed E-state index contributed by atoms with van der Waals surface area (Å²) >= 11 is 9.46. The number of nitrogens with zero attached hydrogens (tertiary/aromatic N) is 1. The zero-order chi connectivity index (χ0) is 11.7. The van der Waals surface area contributed by atoms with Crippen LogP contribution < -0.4 is 10.6 Å². The number of hydrogen-bond donors (Lipinski definition) is 1. The van der Waals surface area contributed by atoms with Crippen LogP contribution in [0.3, 0.4) is 0 Å². The van der Waals surface area contributed by atoms with Crippen LogP contribution in [0.2, 0.25) is 5.02 Å². The van der Waals surface area contributed by atoms with Gasteiger partial charge in [0.15, 0.2) is 0 Å². The van der Waals surface area contributed by atoms with E-state index in [9.17, 15) is 4.79 Å². The summed E-state index contributed by atoms with van der Waals surface area (Å²) in [6.45, 7) is 1.19. The minimum atomic E-state index is 0.0930. The summed E-state index contributed by atoms with van der Waals surface area (Å²) in [6, 6.07) is 5.50. The highest BCUT2D eigenvalue weighted by molar-refractivity contribution is 9.10. The Morgan fingerprint density at radius 2 is 2.31 bits per heavy atom. The van der Waals surface area contributed by atoms with Crippen LogP contribution in [0.15, 0.2) is 22.7 Å². The van der Waals surface area contributed by atoms with Crippen LogP contribution in [0.25, 0.3) is 0 Å². The number of carbonyl (C=O) groups is 1. The lowest BCUT2D eigenvalue weighted by Crippen LogP contribution is -2.26. The molecule has 3 nitrogen and oxygen atoms in total. The maximum absolute atomic E-state index is 11.8. The molecular weight excluding hydrogens is 291 g/mol. The second-order valence-corrected chi connectivity index (χ2v) is 5.23. The molecule has 0 bridgehead atoms. The zero-order valence-corrected chi connectivity index (χ0v) is 11.0. The fourth-order valence-electron chi connectivity index (χ4n) is 1.86. The SMILES string of the molecule is NCC1CC(=O)N(c2cc(Br)ccc2Cl)C1. The van der Waals surface area contributed by atoms with Crippen molar-refractivity contribution in [2.45, 2.75) is 6.42 Å². The lowest BCUT2D eigenvalue weighted by molar-refractivity contribution is -0.117. The molecule has 1 atom stereocenters.